The van der Waals surface area contributed by atoms with Gasteiger partial charge >= 0.3 is 0 Å². The van der Waals surface area contributed by atoms with Crippen LogP contribution in [-0.2, 0) is 9.59 Å². The minimum atomic E-state index is 0.0144. The van der Waals surface area contributed by atoms with Crippen LogP contribution in [0.5, 0.6) is 0 Å². The Bertz CT molecular complexity index is 210. The van der Waals surface area contributed by atoms with Crippen molar-refractivity contribution in [3.63, 3.8) is 0 Å². The molecular formula is C7H8N2O2S. The van der Waals surface area contributed by atoms with Crippen LogP contribution in [0.4, 0.5) is 0 Å². The first-order valence-electron chi connectivity index (χ1n) is 3.62. The van der Waals surface area contributed by atoms with Gasteiger partial charge in [0, 0.05) is 5.75 Å². The lowest BCUT2D eigenvalue weighted by Gasteiger charge is -2.20. The highest BCUT2D eigenvalue weighted by Crippen LogP contribution is 2.27. The second-order valence-electron chi connectivity index (χ2n) is 2.46. The van der Waals surface area contributed by atoms with E-state index in [-0.39, 0.29) is 11.4 Å². The van der Waals surface area contributed by atoms with Crippen LogP contribution in [0.25, 0.3) is 0 Å². The van der Waals surface area contributed by atoms with Gasteiger partial charge in [-0.2, -0.15) is 4.99 Å². The number of hydrogen-bond donors (Lipinski definition) is 0. The van der Waals surface area contributed by atoms with E-state index >= 15 is 0 Å². The molecule has 1 fully saturated rings. The number of nitrogens with zero attached hydrogens (tertiary/aromatic N) is 2. The number of rotatable bonds is 2. The monoisotopic (exact) mass is 184 g/mol. The lowest BCUT2D eigenvalue weighted by molar-refractivity contribution is 0.543. The normalized spacial score (nSPS) is 28.3. The number of isocyanates is 2. The summed E-state index contributed by atoms with van der Waals surface area (Å²) in [6, 6.07) is 0.0607. The first-order valence-corrected chi connectivity index (χ1v) is 4.67. The number of aliphatic imine (C=N–C) groups is 2. The minimum absolute atomic E-state index is 0.0144. The highest BCUT2D eigenvalue weighted by Gasteiger charge is 2.20. The number of thioether (sulfide) groups is 1. The first-order chi connectivity index (χ1) is 5.86. The summed E-state index contributed by atoms with van der Waals surface area (Å²) in [5.41, 5.74) is 0. The zero-order valence-electron chi connectivity index (χ0n) is 6.40. The topological polar surface area (TPSA) is 58.9 Å². The van der Waals surface area contributed by atoms with Crippen LogP contribution in [0.3, 0.4) is 0 Å². The molecule has 0 radical (unpaired) electrons. The summed E-state index contributed by atoms with van der Waals surface area (Å²) in [5.74, 6) is 0.741. The van der Waals surface area contributed by atoms with Crippen LogP contribution in [0.15, 0.2) is 9.98 Å². The molecule has 2 atom stereocenters. The Hall–Kier alpha value is -0.890. The van der Waals surface area contributed by atoms with Crippen molar-refractivity contribution < 1.29 is 9.59 Å². The van der Waals surface area contributed by atoms with Gasteiger partial charge in [-0.25, -0.2) is 14.6 Å². The Labute approximate surface area is 74.2 Å². The second-order valence-corrected chi connectivity index (χ2v) is 3.67. The summed E-state index contributed by atoms with van der Waals surface area (Å²) >= 11 is 1.53. The molecule has 0 bridgehead atoms. The van der Waals surface area contributed by atoms with Gasteiger partial charge in [0.15, 0.2) is 0 Å². The van der Waals surface area contributed by atoms with Crippen LogP contribution >= 0.6 is 11.8 Å². The molecule has 4 nitrogen and oxygen atoms in total. The van der Waals surface area contributed by atoms with E-state index in [1.165, 1.54) is 23.9 Å². The Morgan fingerprint density at radius 1 is 1.17 bits per heavy atom. The van der Waals surface area contributed by atoms with Crippen molar-refractivity contribution in [1.29, 1.82) is 0 Å². The van der Waals surface area contributed by atoms with E-state index in [4.69, 9.17) is 0 Å². The third kappa shape index (κ3) is 2.62. The quantitative estimate of drug-likeness (QED) is 0.473. The Balaban J connectivity index is 2.38. The molecular weight excluding hydrogens is 176 g/mol. The smallest absolute Gasteiger partial charge is 0.211 e. The Kier molecular flexibility index (Phi) is 3.74. The minimum Gasteiger partial charge on any atom is -0.211 e. The molecule has 0 saturated carbocycles. The largest absolute Gasteiger partial charge is 0.236 e. The number of hydrogen-bond acceptors (Lipinski definition) is 5. The Morgan fingerprint density at radius 3 is 2.42 bits per heavy atom. The molecule has 0 aliphatic carbocycles. The average molecular weight is 184 g/mol. The van der Waals surface area contributed by atoms with E-state index in [9.17, 15) is 9.59 Å². The molecule has 1 saturated heterocycles. The van der Waals surface area contributed by atoms with Gasteiger partial charge < -0.3 is 0 Å². The molecule has 1 aliphatic rings. The molecule has 0 aromatic rings. The van der Waals surface area contributed by atoms with Gasteiger partial charge in [0.2, 0.25) is 12.2 Å². The SMILES string of the molecule is O=C=NC1CCC(N=C=O)SC1. The molecule has 1 rings (SSSR count). The summed E-state index contributed by atoms with van der Waals surface area (Å²) in [6.45, 7) is 0. The van der Waals surface area contributed by atoms with Crippen molar-refractivity contribution in [2.75, 3.05) is 5.75 Å². The third-order valence-corrected chi connectivity index (χ3v) is 2.96. The predicted molar refractivity (Wildman–Crippen MR) is 45.5 cm³/mol. The molecule has 0 aromatic carbocycles. The molecule has 64 valence electrons. The summed E-state index contributed by atoms with van der Waals surface area (Å²) in [6.07, 6.45) is 4.66. The van der Waals surface area contributed by atoms with E-state index < -0.39 is 0 Å². The highest BCUT2D eigenvalue weighted by atomic mass is 32.2. The summed E-state index contributed by atoms with van der Waals surface area (Å²) in [5, 5.41) is 0.0144. The van der Waals surface area contributed by atoms with Gasteiger partial charge in [-0.05, 0) is 12.8 Å². The summed E-state index contributed by atoms with van der Waals surface area (Å²) in [7, 11) is 0. The van der Waals surface area contributed by atoms with Gasteiger partial charge in [-0.3, -0.25) is 0 Å². The third-order valence-electron chi connectivity index (χ3n) is 1.66. The number of carbonyl (C=O) groups excluding carboxylic acids is 2. The van der Waals surface area contributed by atoms with Crippen molar-refractivity contribution in [2.45, 2.75) is 24.3 Å². The molecule has 0 spiro atoms. The fraction of sp³-hybridized carbons (Fsp3) is 0.714. The molecule has 0 amide bonds. The standard InChI is InChI=1S/C7H8N2O2S/c10-4-8-6-1-2-7(9-5-11)12-3-6/h6-7H,1-3H2. The van der Waals surface area contributed by atoms with Crippen LogP contribution in [-0.4, -0.2) is 29.3 Å². The van der Waals surface area contributed by atoms with Crippen LogP contribution in [0.1, 0.15) is 12.8 Å². The van der Waals surface area contributed by atoms with E-state index in [1.54, 1.807) is 0 Å². The van der Waals surface area contributed by atoms with E-state index in [0.29, 0.717) is 0 Å². The average Bonchev–Trinajstić information content (AvgIpc) is 2.09. The van der Waals surface area contributed by atoms with Crippen molar-refractivity contribution in [2.24, 2.45) is 9.98 Å². The lowest BCUT2D eigenvalue weighted by Crippen LogP contribution is -2.19. The second kappa shape index (κ2) is 4.88. The van der Waals surface area contributed by atoms with E-state index in [0.717, 1.165) is 18.6 Å². The van der Waals surface area contributed by atoms with Gasteiger partial charge in [-0.15, -0.1) is 11.8 Å². The maximum atomic E-state index is 9.89. The highest BCUT2D eigenvalue weighted by molar-refractivity contribution is 8.00. The molecule has 5 heteroatoms. The zero-order valence-corrected chi connectivity index (χ0v) is 7.21. The zero-order chi connectivity index (χ0) is 8.81. The molecule has 0 aromatic heterocycles. The van der Waals surface area contributed by atoms with E-state index in [2.05, 4.69) is 9.98 Å². The van der Waals surface area contributed by atoms with Crippen molar-refractivity contribution in [3.05, 3.63) is 0 Å². The lowest BCUT2D eigenvalue weighted by atomic mass is 10.2. The van der Waals surface area contributed by atoms with E-state index in [1.807, 2.05) is 0 Å². The van der Waals surface area contributed by atoms with Gasteiger partial charge in [0.1, 0.15) is 5.37 Å². The van der Waals surface area contributed by atoms with Gasteiger partial charge in [0.05, 0.1) is 6.04 Å². The van der Waals surface area contributed by atoms with Gasteiger partial charge in [0.25, 0.3) is 0 Å². The Morgan fingerprint density at radius 2 is 1.92 bits per heavy atom. The van der Waals surface area contributed by atoms with Gasteiger partial charge in [-0.1, -0.05) is 0 Å². The first kappa shape index (κ1) is 9.20. The van der Waals surface area contributed by atoms with Crippen LogP contribution in [0.2, 0.25) is 0 Å². The molecule has 12 heavy (non-hydrogen) atoms. The molecule has 1 aliphatic heterocycles. The molecule has 0 N–H and O–H groups in total. The molecule has 2 unspecified atom stereocenters. The van der Waals surface area contributed by atoms with Crippen LogP contribution < -0.4 is 0 Å². The predicted octanol–water partition coefficient (Wildman–Crippen LogP) is 0.880. The van der Waals surface area contributed by atoms with Crippen molar-refractivity contribution >= 4 is 23.9 Å². The summed E-state index contributed by atoms with van der Waals surface area (Å²) < 4.78 is 0. The maximum absolute atomic E-state index is 9.89. The van der Waals surface area contributed by atoms with Crippen molar-refractivity contribution in [3.8, 4) is 0 Å². The van der Waals surface area contributed by atoms with Crippen LogP contribution in [0, 0.1) is 0 Å². The molecule has 1 heterocycles. The maximum Gasteiger partial charge on any atom is 0.236 e. The van der Waals surface area contributed by atoms with Crippen molar-refractivity contribution in [1.82, 2.24) is 0 Å². The fourth-order valence-corrected chi connectivity index (χ4v) is 2.17. The fourth-order valence-electron chi connectivity index (χ4n) is 1.06. The summed E-state index contributed by atoms with van der Waals surface area (Å²) in [4.78, 5) is 27.0.